The van der Waals surface area contributed by atoms with Gasteiger partial charge in [0.2, 0.25) is 0 Å². The van der Waals surface area contributed by atoms with E-state index < -0.39 is 0 Å². The maximum absolute atomic E-state index is 9.95. The normalized spacial score (nSPS) is 17.8. The number of ether oxygens (including phenoxy) is 3. The molecule has 0 saturated carbocycles. The number of nitrogens with zero attached hydrogens (tertiary/aromatic N) is 2. The van der Waals surface area contributed by atoms with Crippen LogP contribution in [0.25, 0.3) is 11.6 Å². The molecule has 0 bridgehead atoms. The first-order chi connectivity index (χ1) is 12.8. The predicted octanol–water partition coefficient (Wildman–Crippen LogP) is 3.06. The van der Waals surface area contributed by atoms with Gasteiger partial charge >= 0.3 is 0 Å². The van der Waals surface area contributed by atoms with Gasteiger partial charge in [-0.1, -0.05) is 18.7 Å². The fraction of sp³-hybridized carbons (Fsp3) is 0.350. The SMILES string of the molecule is C=Cc1c(O)cccc1OCC1=C(c2ccnn2C2COC2)COCC1. The van der Waals surface area contributed by atoms with Gasteiger partial charge < -0.3 is 19.3 Å². The lowest BCUT2D eigenvalue weighted by Gasteiger charge is -2.29. The van der Waals surface area contributed by atoms with Crippen LogP contribution in [0.5, 0.6) is 11.5 Å². The molecule has 0 unspecified atom stereocenters. The van der Waals surface area contributed by atoms with Crippen LogP contribution in [0.15, 0.2) is 42.6 Å². The smallest absolute Gasteiger partial charge is 0.130 e. The minimum atomic E-state index is 0.168. The maximum atomic E-state index is 9.95. The van der Waals surface area contributed by atoms with Crippen molar-refractivity contribution in [3.05, 3.63) is 53.9 Å². The summed E-state index contributed by atoms with van der Waals surface area (Å²) >= 11 is 0. The fourth-order valence-electron chi connectivity index (χ4n) is 3.27. The van der Waals surface area contributed by atoms with Gasteiger partial charge in [0.05, 0.1) is 43.7 Å². The molecule has 2 aromatic rings. The Morgan fingerprint density at radius 2 is 2.19 bits per heavy atom. The molecule has 0 amide bonds. The Morgan fingerprint density at radius 1 is 1.31 bits per heavy atom. The molecular formula is C20H22N2O4. The average molecular weight is 354 g/mol. The van der Waals surface area contributed by atoms with E-state index in [1.165, 1.54) is 5.57 Å². The van der Waals surface area contributed by atoms with E-state index in [4.69, 9.17) is 14.2 Å². The van der Waals surface area contributed by atoms with E-state index in [9.17, 15) is 5.11 Å². The molecule has 26 heavy (non-hydrogen) atoms. The van der Waals surface area contributed by atoms with Crippen LogP contribution < -0.4 is 4.74 Å². The van der Waals surface area contributed by atoms with Crippen molar-refractivity contribution in [2.45, 2.75) is 12.5 Å². The predicted molar refractivity (Wildman–Crippen MR) is 98.1 cm³/mol. The Labute approximate surface area is 152 Å². The monoisotopic (exact) mass is 354 g/mol. The summed E-state index contributed by atoms with van der Waals surface area (Å²) in [6.07, 6.45) is 4.23. The first-order valence-corrected chi connectivity index (χ1v) is 8.75. The van der Waals surface area contributed by atoms with Crippen LogP contribution in [-0.4, -0.2) is 47.9 Å². The summed E-state index contributed by atoms with van der Waals surface area (Å²) in [5.41, 5.74) is 3.99. The number of hydrogen-bond acceptors (Lipinski definition) is 5. The summed E-state index contributed by atoms with van der Waals surface area (Å²) in [6, 6.07) is 7.54. The summed E-state index contributed by atoms with van der Waals surface area (Å²) in [5.74, 6) is 0.793. The minimum Gasteiger partial charge on any atom is -0.507 e. The van der Waals surface area contributed by atoms with Gasteiger partial charge in [-0.2, -0.15) is 5.10 Å². The molecule has 6 heteroatoms. The van der Waals surface area contributed by atoms with Crippen LogP contribution >= 0.6 is 0 Å². The lowest BCUT2D eigenvalue weighted by Crippen LogP contribution is -2.33. The van der Waals surface area contributed by atoms with Gasteiger partial charge in [0.25, 0.3) is 0 Å². The minimum absolute atomic E-state index is 0.168. The number of aromatic hydroxyl groups is 1. The van der Waals surface area contributed by atoms with E-state index in [1.807, 2.05) is 23.0 Å². The van der Waals surface area contributed by atoms with Crippen LogP contribution in [0.3, 0.4) is 0 Å². The van der Waals surface area contributed by atoms with Gasteiger partial charge in [0, 0.05) is 11.8 Å². The summed E-state index contributed by atoms with van der Waals surface area (Å²) in [6.45, 7) is 6.81. The highest BCUT2D eigenvalue weighted by atomic mass is 16.5. The van der Waals surface area contributed by atoms with Crippen molar-refractivity contribution in [1.29, 1.82) is 0 Å². The molecule has 1 fully saturated rings. The van der Waals surface area contributed by atoms with E-state index in [-0.39, 0.29) is 11.8 Å². The molecule has 3 heterocycles. The number of phenols is 1. The highest BCUT2D eigenvalue weighted by molar-refractivity contribution is 5.68. The van der Waals surface area contributed by atoms with Crippen molar-refractivity contribution in [3.8, 4) is 11.5 Å². The quantitative estimate of drug-likeness (QED) is 0.864. The van der Waals surface area contributed by atoms with Gasteiger partial charge in [-0.05, 0) is 30.2 Å². The molecule has 0 aliphatic carbocycles. The van der Waals surface area contributed by atoms with Crippen LogP contribution in [0, 0.1) is 0 Å². The van der Waals surface area contributed by atoms with Gasteiger partial charge in [0.15, 0.2) is 0 Å². The number of rotatable bonds is 6. The summed E-state index contributed by atoms with van der Waals surface area (Å²) in [5, 5.41) is 14.4. The summed E-state index contributed by atoms with van der Waals surface area (Å²) < 4.78 is 19.0. The van der Waals surface area contributed by atoms with Gasteiger partial charge in [-0.3, -0.25) is 4.68 Å². The van der Waals surface area contributed by atoms with Crippen molar-refractivity contribution in [1.82, 2.24) is 9.78 Å². The molecule has 0 atom stereocenters. The van der Waals surface area contributed by atoms with Gasteiger partial charge in [-0.15, -0.1) is 0 Å². The summed E-state index contributed by atoms with van der Waals surface area (Å²) in [7, 11) is 0. The molecule has 2 aliphatic heterocycles. The van der Waals surface area contributed by atoms with E-state index in [0.717, 1.165) is 17.7 Å². The molecule has 2 aliphatic rings. The fourth-order valence-corrected chi connectivity index (χ4v) is 3.27. The standard InChI is InChI=1S/C20H22N2O4/c1-2-16-19(23)4-3-5-20(16)26-10-14-7-9-24-13-17(14)18-6-8-21-22(18)15-11-25-12-15/h2-6,8,15,23H,1,7,9-13H2. The molecule has 4 rings (SSSR count). The zero-order chi connectivity index (χ0) is 17.9. The second-order valence-corrected chi connectivity index (χ2v) is 6.42. The molecule has 1 N–H and O–H groups in total. The Bertz CT molecular complexity index is 836. The van der Waals surface area contributed by atoms with Crippen LogP contribution in [0.4, 0.5) is 0 Å². The second kappa shape index (κ2) is 7.35. The van der Waals surface area contributed by atoms with Crippen molar-refractivity contribution in [2.75, 3.05) is 33.0 Å². The third kappa shape index (κ3) is 3.13. The first-order valence-electron chi connectivity index (χ1n) is 8.75. The lowest BCUT2D eigenvalue weighted by molar-refractivity contribution is -0.0291. The molecule has 1 aromatic heterocycles. The number of aromatic nitrogens is 2. The van der Waals surface area contributed by atoms with Crippen molar-refractivity contribution >= 4 is 11.6 Å². The Hall–Kier alpha value is -2.57. The second-order valence-electron chi connectivity index (χ2n) is 6.42. The zero-order valence-electron chi connectivity index (χ0n) is 14.6. The largest absolute Gasteiger partial charge is 0.507 e. The molecule has 1 saturated heterocycles. The Balaban J connectivity index is 1.60. The molecule has 1 aromatic carbocycles. The topological polar surface area (TPSA) is 65.7 Å². The van der Waals surface area contributed by atoms with E-state index in [0.29, 0.717) is 44.3 Å². The van der Waals surface area contributed by atoms with Crippen molar-refractivity contribution in [2.24, 2.45) is 0 Å². The number of benzene rings is 1. The van der Waals surface area contributed by atoms with Crippen molar-refractivity contribution < 1.29 is 19.3 Å². The van der Waals surface area contributed by atoms with Gasteiger partial charge in [0.1, 0.15) is 18.1 Å². The van der Waals surface area contributed by atoms with Crippen LogP contribution in [-0.2, 0) is 9.47 Å². The van der Waals surface area contributed by atoms with Crippen LogP contribution in [0.1, 0.15) is 23.7 Å². The maximum Gasteiger partial charge on any atom is 0.130 e. The van der Waals surface area contributed by atoms with E-state index in [1.54, 1.807) is 18.2 Å². The lowest BCUT2D eigenvalue weighted by atomic mass is 10.0. The average Bonchev–Trinajstić information content (AvgIpc) is 3.07. The third-order valence-electron chi connectivity index (χ3n) is 4.82. The highest BCUT2D eigenvalue weighted by Gasteiger charge is 2.26. The Morgan fingerprint density at radius 3 is 2.96 bits per heavy atom. The van der Waals surface area contributed by atoms with Gasteiger partial charge in [-0.25, -0.2) is 0 Å². The van der Waals surface area contributed by atoms with Crippen LogP contribution in [0.2, 0.25) is 0 Å². The van der Waals surface area contributed by atoms with E-state index >= 15 is 0 Å². The number of phenolic OH excluding ortho intramolecular Hbond substituents is 1. The number of hydrogen-bond donors (Lipinski definition) is 1. The molecule has 6 nitrogen and oxygen atoms in total. The first kappa shape index (κ1) is 16.9. The molecular weight excluding hydrogens is 332 g/mol. The molecule has 0 radical (unpaired) electrons. The molecule has 136 valence electrons. The Kier molecular flexibility index (Phi) is 4.77. The van der Waals surface area contributed by atoms with Crippen molar-refractivity contribution in [3.63, 3.8) is 0 Å². The third-order valence-corrected chi connectivity index (χ3v) is 4.82. The van der Waals surface area contributed by atoms with E-state index in [2.05, 4.69) is 11.7 Å². The molecule has 0 spiro atoms. The summed E-state index contributed by atoms with van der Waals surface area (Å²) in [4.78, 5) is 0. The highest BCUT2D eigenvalue weighted by Crippen LogP contribution is 2.32. The zero-order valence-corrected chi connectivity index (χ0v) is 14.6.